The molecule has 1 aromatic rings. The molecule has 1 saturated heterocycles. The molecule has 6 nitrogen and oxygen atoms in total. The molecule has 0 spiro atoms. The molecular formula is C13H11FN2O4. The number of amides is 3. The molecule has 20 heavy (non-hydrogen) atoms. The molecule has 104 valence electrons. The molecule has 0 saturated carbocycles. The van der Waals surface area contributed by atoms with Crippen LogP contribution in [-0.2, 0) is 4.79 Å². The summed E-state index contributed by atoms with van der Waals surface area (Å²) >= 11 is 0. The molecule has 2 heterocycles. The Balaban J connectivity index is 1.98. The standard InChI is InChI=1S/C13H11FN2O4/c14-7-3-1-2-6-10(7)13(20)16(12(6)19)8-4-5-9(17)15-11(8)18/h1-3,8,11,18H,4-5H2,(H,15,17). The fourth-order valence-corrected chi connectivity index (χ4v) is 2.60. The molecule has 0 bridgehead atoms. The number of fused-ring (bicyclic) bond motifs is 1. The van der Waals surface area contributed by atoms with E-state index in [1.807, 2.05) is 0 Å². The molecule has 0 aliphatic carbocycles. The summed E-state index contributed by atoms with van der Waals surface area (Å²) in [6.45, 7) is 0. The fourth-order valence-electron chi connectivity index (χ4n) is 2.60. The number of rotatable bonds is 1. The number of halogens is 1. The minimum atomic E-state index is -1.33. The van der Waals surface area contributed by atoms with E-state index in [2.05, 4.69) is 5.32 Å². The zero-order valence-electron chi connectivity index (χ0n) is 10.3. The number of aliphatic hydroxyl groups is 1. The average molecular weight is 278 g/mol. The van der Waals surface area contributed by atoms with Crippen molar-refractivity contribution in [1.82, 2.24) is 10.2 Å². The first-order valence-corrected chi connectivity index (χ1v) is 6.14. The van der Waals surface area contributed by atoms with Gasteiger partial charge >= 0.3 is 0 Å². The Labute approximate surface area is 113 Å². The second-order valence-corrected chi connectivity index (χ2v) is 4.76. The SMILES string of the molecule is O=C1CCC(N2C(=O)c3cccc(F)c3C2=O)C(O)N1. The van der Waals surface area contributed by atoms with Crippen molar-refractivity contribution in [3.63, 3.8) is 0 Å². The lowest BCUT2D eigenvalue weighted by Gasteiger charge is -2.33. The van der Waals surface area contributed by atoms with Crippen molar-refractivity contribution < 1.29 is 23.9 Å². The summed E-state index contributed by atoms with van der Waals surface area (Å²) in [5.41, 5.74) is -0.291. The number of imide groups is 1. The summed E-state index contributed by atoms with van der Waals surface area (Å²) in [4.78, 5) is 36.4. The number of aliphatic hydroxyl groups excluding tert-OH is 1. The van der Waals surface area contributed by atoms with Gasteiger partial charge in [0.1, 0.15) is 12.0 Å². The fraction of sp³-hybridized carbons (Fsp3) is 0.308. The second-order valence-electron chi connectivity index (χ2n) is 4.76. The maximum atomic E-state index is 13.7. The van der Waals surface area contributed by atoms with Crippen molar-refractivity contribution in [2.24, 2.45) is 0 Å². The first-order valence-electron chi connectivity index (χ1n) is 6.14. The van der Waals surface area contributed by atoms with Crippen LogP contribution in [0.1, 0.15) is 33.6 Å². The topological polar surface area (TPSA) is 86.7 Å². The Morgan fingerprint density at radius 3 is 2.65 bits per heavy atom. The van der Waals surface area contributed by atoms with Gasteiger partial charge in [-0.05, 0) is 18.6 Å². The molecule has 2 aliphatic heterocycles. The summed E-state index contributed by atoms with van der Waals surface area (Å²) < 4.78 is 13.7. The molecule has 2 atom stereocenters. The summed E-state index contributed by atoms with van der Waals surface area (Å²) in [6.07, 6.45) is -1.08. The highest BCUT2D eigenvalue weighted by Crippen LogP contribution is 2.29. The van der Waals surface area contributed by atoms with Crippen LogP contribution in [0.2, 0.25) is 0 Å². The highest BCUT2D eigenvalue weighted by atomic mass is 19.1. The van der Waals surface area contributed by atoms with Gasteiger partial charge in [-0.15, -0.1) is 0 Å². The first kappa shape index (κ1) is 12.7. The van der Waals surface area contributed by atoms with Gasteiger partial charge in [-0.3, -0.25) is 19.3 Å². The lowest BCUT2D eigenvalue weighted by atomic mass is 10.0. The van der Waals surface area contributed by atoms with Crippen LogP contribution in [0.25, 0.3) is 0 Å². The predicted molar refractivity (Wildman–Crippen MR) is 64.1 cm³/mol. The molecule has 2 unspecified atom stereocenters. The van der Waals surface area contributed by atoms with Gasteiger partial charge in [-0.25, -0.2) is 4.39 Å². The lowest BCUT2D eigenvalue weighted by molar-refractivity contribution is -0.129. The number of benzene rings is 1. The number of hydrogen-bond donors (Lipinski definition) is 2. The highest BCUT2D eigenvalue weighted by Gasteiger charge is 2.45. The predicted octanol–water partition coefficient (Wildman–Crippen LogP) is 0.0187. The summed E-state index contributed by atoms with van der Waals surface area (Å²) in [6, 6.07) is 2.94. The van der Waals surface area contributed by atoms with Crippen molar-refractivity contribution in [2.75, 3.05) is 0 Å². The zero-order chi connectivity index (χ0) is 14.4. The number of nitrogens with one attached hydrogen (secondary N) is 1. The first-order chi connectivity index (χ1) is 9.50. The monoisotopic (exact) mass is 278 g/mol. The van der Waals surface area contributed by atoms with E-state index in [0.717, 1.165) is 11.0 Å². The van der Waals surface area contributed by atoms with Gasteiger partial charge in [-0.2, -0.15) is 0 Å². The van der Waals surface area contributed by atoms with Crippen LogP contribution in [0.15, 0.2) is 18.2 Å². The third kappa shape index (κ3) is 1.70. The third-order valence-electron chi connectivity index (χ3n) is 3.57. The maximum absolute atomic E-state index is 13.7. The molecule has 3 rings (SSSR count). The van der Waals surface area contributed by atoms with E-state index < -0.39 is 29.9 Å². The minimum Gasteiger partial charge on any atom is -0.372 e. The van der Waals surface area contributed by atoms with Gasteiger partial charge in [0.15, 0.2) is 0 Å². The Morgan fingerprint density at radius 1 is 1.25 bits per heavy atom. The van der Waals surface area contributed by atoms with Crippen LogP contribution < -0.4 is 5.32 Å². The number of nitrogens with zero attached hydrogens (tertiary/aromatic N) is 1. The minimum absolute atomic E-state index is 0.0147. The highest BCUT2D eigenvalue weighted by molar-refractivity contribution is 6.21. The van der Waals surface area contributed by atoms with Crippen LogP contribution in [-0.4, -0.2) is 40.0 Å². The maximum Gasteiger partial charge on any atom is 0.264 e. The molecule has 2 N–H and O–H groups in total. The van der Waals surface area contributed by atoms with Crippen molar-refractivity contribution >= 4 is 17.7 Å². The van der Waals surface area contributed by atoms with Gasteiger partial charge in [0.25, 0.3) is 11.8 Å². The number of piperidine rings is 1. The molecule has 1 fully saturated rings. The smallest absolute Gasteiger partial charge is 0.264 e. The van der Waals surface area contributed by atoms with Crippen molar-refractivity contribution in [3.8, 4) is 0 Å². The lowest BCUT2D eigenvalue weighted by Crippen LogP contribution is -2.57. The second kappa shape index (κ2) is 4.38. The zero-order valence-corrected chi connectivity index (χ0v) is 10.3. The van der Waals surface area contributed by atoms with Crippen molar-refractivity contribution in [1.29, 1.82) is 0 Å². The summed E-state index contributed by atoms with van der Waals surface area (Å²) in [7, 11) is 0. The van der Waals surface area contributed by atoms with Gasteiger partial charge in [0, 0.05) is 6.42 Å². The van der Waals surface area contributed by atoms with Crippen molar-refractivity contribution in [2.45, 2.75) is 25.1 Å². The van der Waals surface area contributed by atoms with E-state index in [-0.39, 0.29) is 29.9 Å². The molecule has 1 aromatic carbocycles. The van der Waals surface area contributed by atoms with E-state index in [4.69, 9.17) is 0 Å². The Bertz CT molecular complexity index is 631. The van der Waals surface area contributed by atoms with Gasteiger partial charge in [0.2, 0.25) is 5.91 Å². The van der Waals surface area contributed by atoms with Crippen LogP contribution in [0.4, 0.5) is 4.39 Å². The van der Waals surface area contributed by atoms with Crippen LogP contribution in [0.3, 0.4) is 0 Å². The number of carbonyl (C=O) groups excluding carboxylic acids is 3. The average Bonchev–Trinajstić information content (AvgIpc) is 2.64. The molecule has 7 heteroatoms. The van der Waals surface area contributed by atoms with E-state index in [1.54, 1.807) is 0 Å². The van der Waals surface area contributed by atoms with Crippen LogP contribution >= 0.6 is 0 Å². The van der Waals surface area contributed by atoms with Crippen molar-refractivity contribution in [3.05, 3.63) is 35.1 Å². The van der Waals surface area contributed by atoms with E-state index in [9.17, 15) is 23.9 Å². The third-order valence-corrected chi connectivity index (χ3v) is 3.57. The largest absolute Gasteiger partial charge is 0.372 e. The van der Waals surface area contributed by atoms with E-state index in [0.29, 0.717) is 0 Å². The summed E-state index contributed by atoms with van der Waals surface area (Å²) in [5, 5.41) is 12.1. The quantitative estimate of drug-likeness (QED) is 0.709. The number of hydrogen-bond acceptors (Lipinski definition) is 4. The van der Waals surface area contributed by atoms with Crippen LogP contribution in [0, 0.1) is 5.82 Å². The van der Waals surface area contributed by atoms with Gasteiger partial charge < -0.3 is 10.4 Å². The molecule has 0 radical (unpaired) electrons. The molecule has 3 amide bonds. The normalized spacial score (nSPS) is 25.7. The molecule has 2 aliphatic rings. The van der Waals surface area contributed by atoms with Gasteiger partial charge in [-0.1, -0.05) is 6.07 Å². The summed E-state index contributed by atoms with van der Waals surface area (Å²) in [5.74, 6) is -2.54. The van der Waals surface area contributed by atoms with Crippen LogP contribution in [0.5, 0.6) is 0 Å². The van der Waals surface area contributed by atoms with E-state index in [1.165, 1.54) is 12.1 Å². The number of carbonyl (C=O) groups is 3. The van der Waals surface area contributed by atoms with E-state index >= 15 is 0 Å². The molecule has 0 aromatic heterocycles. The Hall–Kier alpha value is -2.28. The Morgan fingerprint density at radius 2 is 2.00 bits per heavy atom. The molecular weight excluding hydrogens is 267 g/mol. The van der Waals surface area contributed by atoms with Gasteiger partial charge in [0.05, 0.1) is 17.2 Å². The Kier molecular flexibility index (Phi) is 2.79.